The normalized spacial score (nSPS) is 16.8. The number of benzene rings is 1. The fraction of sp³-hybridized carbons (Fsp3) is 0.611. The number of aromatic nitrogens is 2. The van der Waals surface area contributed by atoms with Gasteiger partial charge >= 0.3 is 0 Å². The molecule has 114 valence electrons. The first-order valence-electron chi connectivity index (χ1n) is 8.31. The third kappa shape index (κ3) is 2.84. The largest absolute Gasteiger partial charge is 0.327 e. The van der Waals surface area contributed by atoms with Crippen molar-refractivity contribution in [2.45, 2.75) is 53.1 Å². The molecule has 0 spiro atoms. The van der Waals surface area contributed by atoms with Crippen molar-refractivity contribution in [3.63, 3.8) is 0 Å². The predicted molar refractivity (Wildman–Crippen MR) is 88.2 cm³/mol. The zero-order valence-electron chi connectivity index (χ0n) is 13.5. The summed E-state index contributed by atoms with van der Waals surface area (Å²) in [5, 5.41) is 3.66. The van der Waals surface area contributed by atoms with Crippen molar-refractivity contribution in [3.05, 3.63) is 30.1 Å². The highest BCUT2D eigenvalue weighted by Gasteiger charge is 2.44. The first kappa shape index (κ1) is 14.6. The summed E-state index contributed by atoms with van der Waals surface area (Å²) in [6.45, 7) is 9.97. The zero-order valence-corrected chi connectivity index (χ0v) is 13.5. The van der Waals surface area contributed by atoms with Gasteiger partial charge in [0, 0.05) is 13.1 Å². The number of hydrogen-bond acceptors (Lipinski definition) is 2. The van der Waals surface area contributed by atoms with Gasteiger partial charge in [0.25, 0.3) is 0 Å². The van der Waals surface area contributed by atoms with E-state index < -0.39 is 0 Å². The molecule has 0 saturated heterocycles. The van der Waals surface area contributed by atoms with Crippen molar-refractivity contribution in [1.29, 1.82) is 0 Å². The van der Waals surface area contributed by atoms with Crippen molar-refractivity contribution in [1.82, 2.24) is 14.9 Å². The van der Waals surface area contributed by atoms with Crippen molar-refractivity contribution < 1.29 is 0 Å². The summed E-state index contributed by atoms with van der Waals surface area (Å²) in [6, 6.07) is 8.46. The Morgan fingerprint density at radius 2 is 2.05 bits per heavy atom. The van der Waals surface area contributed by atoms with E-state index >= 15 is 0 Å². The van der Waals surface area contributed by atoms with E-state index in [2.05, 4.69) is 54.9 Å². The molecule has 0 bridgehead atoms. The van der Waals surface area contributed by atoms with E-state index in [0.29, 0.717) is 5.41 Å². The summed E-state index contributed by atoms with van der Waals surface area (Å²) in [5.74, 6) is 1.96. The summed E-state index contributed by atoms with van der Waals surface area (Å²) >= 11 is 0. The highest BCUT2D eigenvalue weighted by molar-refractivity contribution is 5.75. The highest BCUT2D eigenvalue weighted by Crippen LogP contribution is 2.51. The van der Waals surface area contributed by atoms with Crippen LogP contribution in [0.2, 0.25) is 0 Å². The average Bonchev–Trinajstić information content (AvgIpc) is 3.19. The Hall–Kier alpha value is -1.35. The van der Waals surface area contributed by atoms with Gasteiger partial charge in [0.15, 0.2) is 0 Å². The van der Waals surface area contributed by atoms with Gasteiger partial charge in [0.05, 0.1) is 17.6 Å². The molecule has 1 N–H and O–H groups in total. The number of hydrogen-bond donors (Lipinski definition) is 1. The van der Waals surface area contributed by atoms with Crippen molar-refractivity contribution >= 4 is 11.0 Å². The lowest BCUT2D eigenvalue weighted by Gasteiger charge is -2.20. The van der Waals surface area contributed by atoms with E-state index in [9.17, 15) is 0 Å². The minimum atomic E-state index is 0.557. The average molecular weight is 285 g/mol. The number of nitrogens with zero attached hydrogens (tertiary/aromatic N) is 2. The highest BCUT2D eigenvalue weighted by atomic mass is 15.1. The van der Waals surface area contributed by atoms with E-state index in [1.165, 1.54) is 24.2 Å². The molecule has 1 aliphatic rings. The molecular formula is C18H27N3. The summed E-state index contributed by atoms with van der Waals surface area (Å²) in [4.78, 5) is 4.82. The minimum Gasteiger partial charge on any atom is -0.327 e. The van der Waals surface area contributed by atoms with Crippen LogP contribution in [0.4, 0.5) is 0 Å². The minimum absolute atomic E-state index is 0.557. The van der Waals surface area contributed by atoms with Gasteiger partial charge in [-0.1, -0.05) is 32.9 Å². The van der Waals surface area contributed by atoms with Gasteiger partial charge in [-0.05, 0) is 42.7 Å². The number of nitrogens with one attached hydrogen (secondary N) is 1. The van der Waals surface area contributed by atoms with Gasteiger partial charge in [-0.3, -0.25) is 0 Å². The van der Waals surface area contributed by atoms with Crippen LogP contribution in [-0.4, -0.2) is 16.1 Å². The molecule has 3 nitrogen and oxygen atoms in total. The molecule has 0 amide bonds. The molecule has 0 aliphatic heterocycles. The molecule has 0 radical (unpaired) electrons. The molecule has 1 fully saturated rings. The second-order valence-electron chi connectivity index (χ2n) is 6.79. The number of rotatable bonds is 7. The molecule has 1 aliphatic carbocycles. The smallest absolute Gasteiger partial charge is 0.123 e. The summed E-state index contributed by atoms with van der Waals surface area (Å²) in [6.07, 6.45) is 3.90. The van der Waals surface area contributed by atoms with Gasteiger partial charge in [-0.2, -0.15) is 0 Å². The van der Waals surface area contributed by atoms with E-state index in [1.54, 1.807) is 0 Å². The van der Waals surface area contributed by atoms with Crippen LogP contribution in [0.5, 0.6) is 0 Å². The maximum absolute atomic E-state index is 4.82. The van der Waals surface area contributed by atoms with Gasteiger partial charge in [-0.15, -0.1) is 0 Å². The molecule has 2 aromatic rings. The Labute approximate surface area is 127 Å². The van der Waals surface area contributed by atoms with Crippen LogP contribution in [0.3, 0.4) is 0 Å². The van der Waals surface area contributed by atoms with Crippen LogP contribution >= 0.6 is 0 Å². The third-order valence-electron chi connectivity index (χ3n) is 5.06. The van der Waals surface area contributed by atoms with Crippen LogP contribution in [-0.2, 0) is 13.1 Å². The molecule has 1 saturated carbocycles. The Bertz CT molecular complexity index is 608. The van der Waals surface area contributed by atoms with Crippen LogP contribution in [0, 0.1) is 11.3 Å². The molecule has 1 aromatic heterocycles. The standard InChI is InChI=1S/C18H27N3/c1-4-11-21-16-8-6-5-7-15(16)20-17(21)12-19-13-18(9-10-18)14(2)3/h5-8,14,19H,4,9-13H2,1-3H3. The van der Waals surface area contributed by atoms with Crippen LogP contribution < -0.4 is 5.32 Å². The second-order valence-corrected chi connectivity index (χ2v) is 6.79. The summed E-state index contributed by atoms with van der Waals surface area (Å²) in [7, 11) is 0. The molecule has 0 atom stereocenters. The first-order chi connectivity index (χ1) is 10.2. The van der Waals surface area contributed by atoms with Crippen LogP contribution in [0.25, 0.3) is 11.0 Å². The molecule has 1 aromatic carbocycles. The lowest BCUT2D eigenvalue weighted by atomic mass is 9.92. The molecule has 0 unspecified atom stereocenters. The van der Waals surface area contributed by atoms with Gasteiger partial charge in [0.2, 0.25) is 0 Å². The second kappa shape index (κ2) is 5.80. The van der Waals surface area contributed by atoms with Gasteiger partial charge < -0.3 is 9.88 Å². The number of para-hydroxylation sites is 2. The van der Waals surface area contributed by atoms with Crippen LogP contribution in [0.1, 0.15) is 45.9 Å². The predicted octanol–water partition coefficient (Wildman–Crippen LogP) is 3.97. The lowest BCUT2D eigenvalue weighted by molar-refractivity contribution is 0.335. The SMILES string of the molecule is CCCn1c(CNCC2(C(C)C)CC2)nc2ccccc21. The van der Waals surface area contributed by atoms with Crippen molar-refractivity contribution in [2.24, 2.45) is 11.3 Å². The lowest BCUT2D eigenvalue weighted by Crippen LogP contribution is -2.28. The Balaban J connectivity index is 1.73. The fourth-order valence-corrected chi connectivity index (χ4v) is 3.28. The molecule has 1 heterocycles. The Morgan fingerprint density at radius 1 is 1.29 bits per heavy atom. The molecular weight excluding hydrogens is 258 g/mol. The quantitative estimate of drug-likeness (QED) is 0.834. The monoisotopic (exact) mass is 285 g/mol. The van der Waals surface area contributed by atoms with Crippen molar-refractivity contribution in [2.75, 3.05) is 6.54 Å². The van der Waals surface area contributed by atoms with Crippen LogP contribution in [0.15, 0.2) is 24.3 Å². The maximum Gasteiger partial charge on any atom is 0.123 e. The number of aryl methyl sites for hydroxylation is 1. The first-order valence-corrected chi connectivity index (χ1v) is 8.31. The maximum atomic E-state index is 4.82. The fourth-order valence-electron chi connectivity index (χ4n) is 3.28. The Morgan fingerprint density at radius 3 is 2.71 bits per heavy atom. The summed E-state index contributed by atoms with van der Waals surface area (Å²) in [5.41, 5.74) is 2.94. The zero-order chi connectivity index (χ0) is 14.9. The summed E-state index contributed by atoms with van der Waals surface area (Å²) < 4.78 is 2.37. The molecule has 21 heavy (non-hydrogen) atoms. The van der Waals surface area contributed by atoms with E-state index in [-0.39, 0.29) is 0 Å². The number of fused-ring (bicyclic) bond motifs is 1. The van der Waals surface area contributed by atoms with E-state index in [0.717, 1.165) is 37.5 Å². The third-order valence-corrected chi connectivity index (χ3v) is 5.06. The van der Waals surface area contributed by atoms with E-state index in [1.807, 2.05) is 0 Å². The molecule has 3 heteroatoms. The topological polar surface area (TPSA) is 29.9 Å². The Kier molecular flexibility index (Phi) is 4.03. The van der Waals surface area contributed by atoms with E-state index in [4.69, 9.17) is 4.98 Å². The van der Waals surface area contributed by atoms with Crippen molar-refractivity contribution in [3.8, 4) is 0 Å². The molecule has 3 rings (SSSR count). The van der Waals surface area contributed by atoms with Gasteiger partial charge in [-0.25, -0.2) is 4.98 Å². The number of imidazole rings is 1. The van der Waals surface area contributed by atoms with Gasteiger partial charge in [0.1, 0.15) is 5.82 Å².